The fraction of sp³-hybridized carbons (Fsp3) is 0.556. The van der Waals surface area contributed by atoms with Crippen LogP contribution >= 0.6 is 11.6 Å². The maximum atomic E-state index is 11.4. The third-order valence-corrected chi connectivity index (χ3v) is 4.55. The molecule has 5 nitrogen and oxygen atoms in total. The lowest BCUT2D eigenvalue weighted by atomic mass is 10.2. The van der Waals surface area contributed by atoms with Gasteiger partial charge in [-0.3, -0.25) is 0 Å². The highest BCUT2D eigenvalue weighted by Crippen LogP contribution is 2.20. The molecule has 1 fully saturated rings. The van der Waals surface area contributed by atoms with Gasteiger partial charge in [-0.1, -0.05) is 11.6 Å². The molecule has 0 aliphatic carbocycles. The Morgan fingerprint density at radius 3 is 2.81 bits per heavy atom. The van der Waals surface area contributed by atoms with Gasteiger partial charge >= 0.3 is 0 Å². The van der Waals surface area contributed by atoms with E-state index in [9.17, 15) is 8.42 Å². The fourth-order valence-electron chi connectivity index (χ4n) is 1.75. The SMILES string of the molecule is O=S1(=O)CCCC(Nc2nccnc2Cl)C1. The zero-order chi connectivity index (χ0) is 11.6. The Kier molecular flexibility index (Phi) is 3.30. The molecule has 16 heavy (non-hydrogen) atoms. The van der Waals surface area contributed by atoms with Gasteiger partial charge in [0.05, 0.1) is 11.5 Å². The van der Waals surface area contributed by atoms with Crippen LogP contribution in [0.4, 0.5) is 5.82 Å². The van der Waals surface area contributed by atoms with Crippen molar-refractivity contribution in [2.75, 3.05) is 16.8 Å². The van der Waals surface area contributed by atoms with E-state index < -0.39 is 9.84 Å². The van der Waals surface area contributed by atoms with Gasteiger partial charge in [0, 0.05) is 18.4 Å². The number of hydrogen-bond donors (Lipinski definition) is 1. The van der Waals surface area contributed by atoms with Crippen molar-refractivity contribution < 1.29 is 8.42 Å². The Balaban J connectivity index is 2.08. The lowest BCUT2D eigenvalue weighted by Crippen LogP contribution is -2.35. The Hall–Kier alpha value is -0.880. The number of anilines is 1. The summed E-state index contributed by atoms with van der Waals surface area (Å²) in [5.41, 5.74) is 0. The molecule has 2 heterocycles. The molecular formula is C9H12ClN3O2S. The molecule has 0 radical (unpaired) electrons. The standard InChI is InChI=1S/C9H12ClN3O2S/c10-8-9(12-4-3-11-8)13-7-2-1-5-16(14,15)6-7/h3-4,7H,1-2,5-6H2,(H,12,13). The van der Waals surface area contributed by atoms with Gasteiger partial charge in [0.1, 0.15) is 0 Å². The van der Waals surface area contributed by atoms with E-state index in [1.54, 1.807) is 0 Å². The number of rotatable bonds is 2. The first kappa shape index (κ1) is 11.6. The Labute approximate surface area is 99.2 Å². The summed E-state index contributed by atoms with van der Waals surface area (Å²) in [6, 6.07) is -0.118. The van der Waals surface area contributed by atoms with Crippen molar-refractivity contribution in [3.63, 3.8) is 0 Å². The van der Waals surface area contributed by atoms with Gasteiger partial charge in [-0.05, 0) is 12.8 Å². The molecule has 0 saturated carbocycles. The zero-order valence-corrected chi connectivity index (χ0v) is 10.1. The van der Waals surface area contributed by atoms with Crippen molar-refractivity contribution in [3.05, 3.63) is 17.5 Å². The van der Waals surface area contributed by atoms with E-state index in [0.717, 1.165) is 6.42 Å². The summed E-state index contributed by atoms with van der Waals surface area (Å²) in [4.78, 5) is 7.89. The van der Waals surface area contributed by atoms with E-state index in [1.807, 2.05) is 0 Å². The molecule has 0 spiro atoms. The van der Waals surface area contributed by atoms with Crippen molar-refractivity contribution in [1.82, 2.24) is 9.97 Å². The number of aromatic nitrogens is 2. The first-order chi connectivity index (χ1) is 7.57. The van der Waals surface area contributed by atoms with E-state index in [4.69, 9.17) is 11.6 Å². The molecule has 1 saturated heterocycles. The van der Waals surface area contributed by atoms with Gasteiger partial charge in [-0.2, -0.15) is 0 Å². The van der Waals surface area contributed by atoms with Gasteiger partial charge in [0.15, 0.2) is 20.8 Å². The van der Waals surface area contributed by atoms with Gasteiger partial charge in [0.2, 0.25) is 0 Å². The average Bonchev–Trinajstić information content (AvgIpc) is 2.20. The highest BCUT2D eigenvalue weighted by Gasteiger charge is 2.25. The minimum absolute atomic E-state index is 0.118. The molecule has 7 heteroatoms. The summed E-state index contributed by atoms with van der Waals surface area (Å²) >= 11 is 5.83. The first-order valence-corrected chi connectivity index (χ1v) is 7.20. The van der Waals surface area contributed by atoms with Gasteiger partial charge in [-0.15, -0.1) is 0 Å². The van der Waals surface area contributed by atoms with Crippen LogP contribution in [0.2, 0.25) is 5.15 Å². The lowest BCUT2D eigenvalue weighted by molar-refractivity contribution is 0.561. The van der Waals surface area contributed by atoms with Crippen LogP contribution in [-0.4, -0.2) is 35.9 Å². The molecule has 0 aromatic carbocycles. The minimum atomic E-state index is -2.92. The Morgan fingerprint density at radius 2 is 2.12 bits per heavy atom. The summed E-state index contributed by atoms with van der Waals surface area (Å²) in [6.45, 7) is 0. The smallest absolute Gasteiger partial charge is 0.171 e. The third kappa shape index (κ3) is 2.82. The van der Waals surface area contributed by atoms with Crippen molar-refractivity contribution in [2.24, 2.45) is 0 Å². The summed E-state index contributed by atoms with van der Waals surface area (Å²) in [7, 11) is -2.92. The van der Waals surface area contributed by atoms with Crippen LogP contribution in [0.1, 0.15) is 12.8 Å². The van der Waals surface area contributed by atoms with Crippen LogP contribution in [0.25, 0.3) is 0 Å². The molecule has 0 amide bonds. The minimum Gasteiger partial charge on any atom is -0.364 e. The predicted octanol–water partition coefficient (Wildman–Crippen LogP) is 1.12. The molecule has 2 rings (SSSR count). The summed E-state index contributed by atoms with van der Waals surface area (Å²) in [6.07, 6.45) is 4.50. The number of nitrogens with zero attached hydrogens (tertiary/aromatic N) is 2. The maximum Gasteiger partial charge on any atom is 0.171 e. The van der Waals surface area contributed by atoms with Crippen molar-refractivity contribution >= 4 is 27.3 Å². The normalized spacial score (nSPS) is 23.9. The van der Waals surface area contributed by atoms with Gasteiger partial charge in [0.25, 0.3) is 0 Å². The van der Waals surface area contributed by atoms with Gasteiger partial charge in [-0.25, -0.2) is 18.4 Å². The molecule has 1 aromatic heterocycles. The van der Waals surface area contributed by atoms with E-state index in [1.165, 1.54) is 12.4 Å². The van der Waals surface area contributed by atoms with Crippen molar-refractivity contribution in [3.8, 4) is 0 Å². The maximum absolute atomic E-state index is 11.4. The number of sulfone groups is 1. The average molecular weight is 262 g/mol. The van der Waals surface area contributed by atoms with E-state index in [0.29, 0.717) is 12.2 Å². The fourth-order valence-corrected chi connectivity index (χ4v) is 3.54. The van der Waals surface area contributed by atoms with Crippen LogP contribution < -0.4 is 5.32 Å². The number of nitrogens with one attached hydrogen (secondary N) is 1. The summed E-state index contributed by atoms with van der Waals surface area (Å²) < 4.78 is 22.9. The Bertz CT molecular complexity index is 477. The zero-order valence-electron chi connectivity index (χ0n) is 8.56. The largest absolute Gasteiger partial charge is 0.364 e. The van der Waals surface area contributed by atoms with Crippen LogP contribution in [0, 0.1) is 0 Å². The van der Waals surface area contributed by atoms with Crippen LogP contribution in [0.5, 0.6) is 0 Å². The second-order valence-corrected chi connectivity index (χ2v) is 6.38. The molecule has 1 aliphatic rings. The molecule has 1 N–H and O–H groups in total. The molecule has 0 bridgehead atoms. The molecular weight excluding hydrogens is 250 g/mol. The molecule has 1 atom stereocenters. The highest BCUT2D eigenvalue weighted by molar-refractivity contribution is 7.91. The topological polar surface area (TPSA) is 72.0 Å². The number of halogens is 1. The quantitative estimate of drug-likeness (QED) is 0.864. The van der Waals surface area contributed by atoms with Gasteiger partial charge < -0.3 is 5.32 Å². The summed E-state index contributed by atoms with van der Waals surface area (Å²) in [5.74, 6) is 0.866. The van der Waals surface area contributed by atoms with E-state index >= 15 is 0 Å². The Morgan fingerprint density at radius 1 is 1.38 bits per heavy atom. The predicted molar refractivity (Wildman–Crippen MR) is 62.3 cm³/mol. The molecule has 1 aromatic rings. The van der Waals surface area contributed by atoms with Crippen LogP contribution in [-0.2, 0) is 9.84 Å². The monoisotopic (exact) mass is 261 g/mol. The lowest BCUT2D eigenvalue weighted by Gasteiger charge is -2.23. The van der Waals surface area contributed by atoms with Crippen LogP contribution in [0.15, 0.2) is 12.4 Å². The van der Waals surface area contributed by atoms with E-state index in [-0.39, 0.29) is 22.7 Å². The molecule has 1 aliphatic heterocycles. The van der Waals surface area contributed by atoms with E-state index in [2.05, 4.69) is 15.3 Å². The van der Waals surface area contributed by atoms with Crippen molar-refractivity contribution in [2.45, 2.75) is 18.9 Å². The highest BCUT2D eigenvalue weighted by atomic mass is 35.5. The third-order valence-electron chi connectivity index (χ3n) is 2.46. The molecule has 1 unspecified atom stereocenters. The molecule has 88 valence electrons. The summed E-state index contributed by atoms with van der Waals surface area (Å²) in [5, 5.41) is 3.29. The first-order valence-electron chi connectivity index (χ1n) is 5.00. The second kappa shape index (κ2) is 4.55. The second-order valence-electron chi connectivity index (χ2n) is 3.79. The van der Waals surface area contributed by atoms with Crippen LogP contribution in [0.3, 0.4) is 0 Å². The number of hydrogen-bond acceptors (Lipinski definition) is 5. The van der Waals surface area contributed by atoms with Crippen molar-refractivity contribution in [1.29, 1.82) is 0 Å².